The number of amides is 3. The second-order valence-electron chi connectivity index (χ2n) is 7.10. The van der Waals surface area contributed by atoms with Gasteiger partial charge >= 0.3 is 6.03 Å². The number of benzene rings is 2. The van der Waals surface area contributed by atoms with Crippen molar-refractivity contribution in [3.63, 3.8) is 0 Å². The van der Waals surface area contributed by atoms with Gasteiger partial charge in [0.25, 0.3) is 5.91 Å². The molecule has 7 nitrogen and oxygen atoms in total. The number of hydrogen-bond acceptors (Lipinski definition) is 3. The lowest BCUT2D eigenvalue weighted by atomic mass is 10.1. The van der Waals surface area contributed by atoms with Crippen molar-refractivity contribution in [1.82, 2.24) is 20.0 Å². The maximum absolute atomic E-state index is 12.9. The molecule has 30 heavy (non-hydrogen) atoms. The maximum Gasteiger partial charge on any atom is 0.321 e. The van der Waals surface area contributed by atoms with Crippen LogP contribution in [0.5, 0.6) is 0 Å². The zero-order valence-corrected chi connectivity index (χ0v) is 17.1. The molecule has 2 aromatic carbocycles. The molecule has 8 heteroatoms. The van der Waals surface area contributed by atoms with Crippen LogP contribution in [-0.4, -0.2) is 58.1 Å². The Balaban J connectivity index is 1.37. The number of anilines is 1. The van der Waals surface area contributed by atoms with Crippen molar-refractivity contribution >= 4 is 29.2 Å². The molecule has 1 aliphatic rings. The van der Waals surface area contributed by atoms with Gasteiger partial charge in [-0.25, -0.2) is 4.79 Å². The third-order valence-corrected chi connectivity index (χ3v) is 5.30. The number of halogens is 1. The topological polar surface area (TPSA) is 81.3 Å². The summed E-state index contributed by atoms with van der Waals surface area (Å²) in [5.41, 5.74) is 2.83. The molecule has 2 heterocycles. The van der Waals surface area contributed by atoms with Crippen molar-refractivity contribution in [2.75, 3.05) is 31.5 Å². The molecule has 0 radical (unpaired) electrons. The molecule has 0 spiro atoms. The number of carbonyl (C=O) groups is 2. The van der Waals surface area contributed by atoms with Crippen LogP contribution < -0.4 is 5.32 Å². The third kappa shape index (κ3) is 4.63. The fraction of sp³-hybridized carbons (Fsp3) is 0.227. The zero-order valence-electron chi connectivity index (χ0n) is 16.3. The van der Waals surface area contributed by atoms with E-state index < -0.39 is 0 Å². The number of H-pyrrole nitrogens is 1. The van der Waals surface area contributed by atoms with Crippen LogP contribution in [0.4, 0.5) is 10.5 Å². The van der Waals surface area contributed by atoms with E-state index in [1.165, 1.54) is 0 Å². The second-order valence-corrected chi connectivity index (χ2v) is 7.54. The summed E-state index contributed by atoms with van der Waals surface area (Å²) >= 11 is 5.88. The van der Waals surface area contributed by atoms with Crippen molar-refractivity contribution < 1.29 is 9.59 Å². The molecule has 4 rings (SSSR count). The van der Waals surface area contributed by atoms with Crippen LogP contribution in [0.1, 0.15) is 16.9 Å². The first kappa shape index (κ1) is 20.0. The molecular weight excluding hydrogens is 402 g/mol. The van der Waals surface area contributed by atoms with Gasteiger partial charge in [-0.05, 0) is 36.8 Å². The highest BCUT2D eigenvalue weighted by Crippen LogP contribution is 2.19. The van der Waals surface area contributed by atoms with E-state index in [1.54, 1.807) is 40.1 Å². The lowest BCUT2D eigenvalue weighted by Gasteiger charge is -2.22. The van der Waals surface area contributed by atoms with Gasteiger partial charge in [0.1, 0.15) is 5.69 Å². The lowest BCUT2D eigenvalue weighted by Crippen LogP contribution is -2.39. The number of nitrogens with zero attached hydrogens (tertiary/aromatic N) is 3. The van der Waals surface area contributed by atoms with Crippen LogP contribution in [0.25, 0.3) is 11.3 Å². The number of carbonyl (C=O) groups excluding carboxylic acids is 2. The summed E-state index contributed by atoms with van der Waals surface area (Å²) < 4.78 is 0. The fourth-order valence-electron chi connectivity index (χ4n) is 3.42. The van der Waals surface area contributed by atoms with Crippen LogP contribution in [0.3, 0.4) is 0 Å². The van der Waals surface area contributed by atoms with Crippen molar-refractivity contribution in [2.24, 2.45) is 0 Å². The number of hydrogen-bond donors (Lipinski definition) is 2. The van der Waals surface area contributed by atoms with Gasteiger partial charge < -0.3 is 15.1 Å². The number of aromatic nitrogens is 2. The molecule has 3 amide bonds. The molecule has 0 atom stereocenters. The Morgan fingerprint density at radius 2 is 1.63 bits per heavy atom. The van der Waals surface area contributed by atoms with Gasteiger partial charge in [0.05, 0.1) is 5.69 Å². The fourth-order valence-corrected chi connectivity index (χ4v) is 3.54. The minimum absolute atomic E-state index is 0.107. The minimum atomic E-state index is -0.181. The molecular formula is C22H22ClN5O2. The van der Waals surface area contributed by atoms with E-state index in [0.29, 0.717) is 49.0 Å². The molecule has 1 aliphatic heterocycles. The van der Waals surface area contributed by atoms with Crippen LogP contribution in [0.15, 0.2) is 60.7 Å². The van der Waals surface area contributed by atoms with E-state index in [9.17, 15) is 9.59 Å². The van der Waals surface area contributed by atoms with Gasteiger partial charge in [0, 0.05) is 42.5 Å². The van der Waals surface area contributed by atoms with Crippen molar-refractivity contribution in [2.45, 2.75) is 6.42 Å². The van der Waals surface area contributed by atoms with Gasteiger partial charge in [0.15, 0.2) is 0 Å². The van der Waals surface area contributed by atoms with Gasteiger partial charge in [-0.15, -0.1) is 0 Å². The third-order valence-electron chi connectivity index (χ3n) is 5.04. The number of urea groups is 1. The highest BCUT2D eigenvalue weighted by molar-refractivity contribution is 6.30. The molecule has 0 aliphatic carbocycles. The van der Waals surface area contributed by atoms with E-state index in [1.807, 2.05) is 30.3 Å². The van der Waals surface area contributed by atoms with Crippen LogP contribution in [0, 0.1) is 0 Å². The predicted octanol–water partition coefficient (Wildman–Crippen LogP) is 4.11. The summed E-state index contributed by atoms with van der Waals surface area (Å²) in [6, 6.07) is 18.3. The SMILES string of the molecule is O=C(Nc1ccc(Cl)cc1)N1CCCN(C(=O)c2cc(-c3ccccc3)n[nH]2)CC1. The number of aromatic amines is 1. The highest BCUT2D eigenvalue weighted by Gasteiger charge is 2.24. The summed E-state index contributed by atoms with van der Waals surface area (Å²) in [4.78, 5) is 29.0. The molecule has 154 valence electrons. The van der Waals surface area contributed by atoms with E-state index in [2.05, 4.69) is 15.5 Å². The Labute approximate surface area is 179 Å². The summed E-state index contributed by atoms with van der Waals surface area (Å²) in [6.45, 7) is 2.10. The first-order valence-corrected chi connectivity index (χ1v) is 10.2. The van der Waals surface area contributed by atoms with Gasteiger partial charge in [0.2, 0.25) is 0 Å². The zero-order chi connectivity index (χ0) is 20.9. The Morgan fingerprint density at radius 1 is 0.933 bits per heavy atom. The second kappa shape index (κ2) is 9.00. The van der Waals surface area contributed by atoms with Crippen molar-refractivity contribution in [1.29, 1.82) is 0 Å². The average Bonchev–Trinajstić information content (AvgIpc) is 3.13. The summed E-state index contributed by atoms with van der Waals surface area (Å²) in [6.07, 6.45) is 0.708. The van der Waals surface area contributed by atoms with Gasteiger partial charge in [-0.3, -0.25) is 9.89 Å². The van der Waals surface area contributed by atoms with Crippen LogP contribution in [-0.2, 0) is 0 Å². The average molecular weight is 424 g/mol. The van der Waals surface area contributed by atoms with Crippen LogP contribution >= 0.6 is 11.6 Å². The highest BCUT2D eigenvalue weighted by atomic mass is 35.5. The molecule has 0 saturated carbocycles. The standard InChI is InChI=1S/C22H22ClN5O2/c23-17-7-9-18(10-8-17)24-22(30)28-12-4-11-27(13-14-28)21(29)20-15-19(25-26-20)16-5-2-1-3-6-16/h1-3,5-10,15H,4,11-14H2,(H,24,30)(H,25,26). The minimum Gasteiger partial charge on any atom is -0.335 e. The molecule has 1 fully saturated rings. The van der Waals surface area contributed by atoms with Gasteiger partial charge in [-0.2, -0.15) is 5.10 Å². The summed E-state index contributed by atoms with van der Waals surface area (Å²) in [7, 11) is 0. The van der Waals surface area contributed by atoms with E-state index in [-0.39, 0.29) is 11.9 Å². The van der Waals surface area contributed by atoms with Crippen LogP contribution in [0.2, 0.25) is 5.02 Å². The quantitative estimate of drug-likeness (QED) is 0.665. The number of nitrogens with one attached hydrogen (secondary N) is 2. The first-order chi connectivity index (χ1) is 14.6. The summed E-state index contributed by atoms with van der Waals surface area (Å²) in [5.74, 6) is -0.107. The Morgan fingerprint density at radius 3 is 2.40 bits per heavy atom. The summed E-state index contributed by atoms with van der Waals surface area (Å²) in [5, 5.41) is 10.6. The molecule has 1 saturated heterocycles. The van der Waals surface area contributed by atoms with Crippen molar-refractivity contribution in [3.05, 3.63) is 71.4 Å². The molecule has 0 unspecified atom stereocenters. The molecule has 1 aromatic heterocycles. The smallest absolute Gasteiger partial charge is 0.321 e. The van der Waals surface area contributed by atoms with E-state index in [4.69, 9.17) is 11.6 Å². The van der Waals surface area contributed by atoms with E-state index >= 15 is 0 Å². The first-order valence-electron chi connectivity index (χ1n) is 9.82. The Bertz CT molecular complexity index is 1020. The largest absolute Gasteiger partial charge is 0.335 e. The molecule has 3 aromatic rings. The van der Waals surface area contributed by atoms with E-state index in [0.717, 1.165) is 11.3 Å². The Hall–Kier alpha value is -3.32. The normalized spacial score (nSPS) is 14.3. The maximum atomic E-state index is 12.9. The molecule has 0 bridgehead atoms. The predicted molar refractivity (Wildman–Crippen MR) is 117 cm³/mol. The van der Waals surface area contributed by atoms with Crippen molar-refractivity contribution in [3.8, 4) is 11.3 Å². The lowest BCUT2D eigenvalue weighted by molar-refractivity contribution is 0.0757. The number of rotatable bonds is 3. The molecule has 2 N–H and O–H groups in total. The van der Waals surface area contributed by atoms with Gasteiger partial charge in [-0.1, -0.05) is 41.9 Å². The monoisotopic (exact) mass is 423 g/mol. The Kier molecular flexibility index (Phi) is 5.99.